The number of nitrogens with one attached hydrogen (secondary N) is 1. The van der Waals surface area contributed by atoms with Crippen LogP contribution in [0.15, 0.2) is 30.6 Å². The maximum atomic E-state index is 13.5. The Balaban J connectivity index is 1.29. The SMILES string of the molecule is COc1ccc(CCC(=O)N2CCC([C@@H]3C[C@H](C(F)(F)F)n4ncnc4N3)CC2)cc1. The predicted molar refractivity (Wildman–Crippen MR) is 108 cm³/mol. The molecular weight excluding hydrogens is 411 g/mol. The lowest BCUT2D eigenvalue weighted by Crippen LogP contribution is -2.47. The molecule has 1 aromatic heterocycles. The molecule has 0 saturated carbocycles. The van der Waals surface area contributed by atoms with Crippen LogP contribution in [-0.2, 0) is 11.2 Å². The van der Waals surface area contributed by atoms with Gasteiger partial charge in [0.2, 0.25) is 11.9 Å². The Bertz CT molecular complexity index is 891. The molecular formula is C21H26F3N5O2. The van der Waals surface area contributed by atoms with Gasteiger partial charge < -0.3 is 15.0 Å². The fraction of sp³-hybridized carbons (Fsp3) is 0.571. The van der Waals surface area contributed by atoms with E-state index in [0.29, 0.717) is 38.8 Å². The Morgan fingerprint density at radius 1 is 1.23 bits per heavy atom. The number of benzene rings is 1. The number of alkyl halides is 3. The van der Waals surface area contributed by atoms with Gasteiger partial charge in [0.1, 0.15) is 12.1 Å². The summed E-state index contributed by atoms with van der Waals surface area (Å²) in [4.78, 5) is 18.4. The van der Waals surface area contributed by atoms with E-state index >= 15 is 0 Å². The Hall–Kier alpha value is -2.78. The maximum Gasteiger partial charge on any atom is 0.411 e. The molecule has 1 N–H and O–H groups in total. The number of aryl methyl sites for hydroxylation is 1. The van der Waals surface area contributed by atoms with Crippen LogP contribution < -0.4 is 10.1 Å². The van der Waals surface area contributed by atoms with Crippen molar-refractivity contribution in [2.24, 2.45) is 5.92 Å². The predicted octanol–water partition coefficient (Wildman–Crippen LogP) is 3.45. The van der Waals surface area contributed by atoms with Crippen molar-refractivity contribution in [2.45, 2.75) is 50.4 Å². The third-order valence-corrected chi connectivity index (χ3v) is 6.29. The Morgan fingerprint density at radius 3 is 2.58 bits per heavy atom. The number of likely N-dealkylation sites (tertiary alicyclic amines) is 1. The number of halogens is 3. The van der Waals surface area contributed by atoms with Crippen LogP contribution in [0.4, 0.5) is 19.1 Å². The number of rotatable bonds is 5. The van der Waals surface area contributed by atoms with Crippen LogP contribution >= 0.6 is 0 Å². The molecule has 168 valence electrons. The van der Waals surface area contributed by atoms with Gasteiger partial charge in [-0.15, -0.1) is 0 Å². The fourth-order valence-electron chi connectivity index (χ4n) is 4.48. The number of fused-ring (bicyclic) bond motifs is 1. The van der Waals surface area contributed by atoms with Crippen LogP contribution in [-0.4, -0.2) is 58.0 Å². The number of carbonyl (C=O) groups excluding carboxylic acids is 1. The molecule has 0 bridgehead atoms. The van der Waals surface area contributed by atoms with Crippen LogP contribution in [0.25, 0.3) is 0 Å². The molecule has 0 spiro atoms. The molecule has 1 saturated heterocycles. The summed E-state index contributed by atoms with van der Waals surface area (Å²) in [6, 6.07) is 5.64. The van der Waals surface area contributed by atoms with Gasteiger partial charge in [-0.2, -0.15) is 23.3 Å². The first-order chi connectivity index (χ1) is 14.8. The van der Waals surface area contributed by atoms with E-state index in [0.717, 1.165) is 22.3 Å². The monoisotopic (exact) mass is 437 g/mol. The summed E-state index contributed by atoms with van der Waals surface area (Å²) in [6.45, 7) is 1.13. The maximum absolute atomic E-state index is 13.5. The minimum Gasteiger partial charge on any atom is -0.497 e. The summed E-state index contributed by atoms with van der Waals surface area (Å²) in [5.41, 5.74) is 1.07. The van der Waals surface area contributed by atoms with Gasteiger partial charge >= 0.3 is 6.18 Å². The van der Waals surface area contributed by atoms with Gasteiger partial charge in [-0.1, -0.05) is 12.1 Å². The summed E-state index contributed by atoms with van der Waals surface area (Å²) in [5, 5.41) is 6.86. The Kier molecular flexibility index (Phi) is 6.06. The highest BCUT2D eigenvalue weighted by atomic mass is 19.4. The van der Waals surface area contributed by atoms with Gasteiger partial charge in [0.15, 0.2) is 6.04 Å². The number of aromatic nitrogens is 3. The molecule has 2 aliphatic rings. The lowest BCUT2D eigenvalue weighted by molar-refractivity contribution is -0.174. The molecule has 4 rings (SSSR count). The largest absolute Gasteiger partial charge is 0.497 e. The first-order valence-corrected chi connectivity index (χ1v) is 10.5. The van der Waals surface area contributed by atoms with Gasteiger partial charge in [-0.3, -0.25) is 4.79 Å². The average Bonchev–Trinajstić information content (AvgIpc) is 3.25. The molecule has 1 fully saturated rings. The van der Waals surface area contributed by atoms with Crippen LogP contribution in [0.5, 0.6) is 5.75 Å². The van der Waals surface area contributed by atoms with Crippen molar-refractivity contribution in [2.75, 3.05) is 25.5 Å². The van der Waals surface area contributed by atoms with Gasteiger partial charge in [0.25, 0.3) is 0 Å². The minimum absolute atomic E-state index is 0.0564. The lowest BCUT2D eigenvalue weighted by atomic mass is 9.85. The van der Waals surface area contributed by atoms with E-state index in [1.54, 1.807) is 7.11 Å². The Labute approximate surface area is 178 Å². The standard InChI is InChI=1S/C21H26F3N5O2/c1-31-16-5-2-14(3-6-16)4-7-19(30)28-10-8-15(9-11-28)17-12-18(21(22,23)24)29-20(27-17)25-13-26-29/h2-3,5-6,13,15,17-18H,4,7-12H2,1H3,(H,25,26,27)/t17-,18+/m0/s1. The minimum atomic E-state index is -4.37. The van der Waals surface area contributed by atoms with Crippen molar-refractivity contribution in [1.82, 2.24) is 19.7 Å². The van der Waals surface area contributed by atoms with Crippen molar-refractivity contribution in [1.29, 1.82) is 0 Å². The molecule has 0 radical (unpaired) electrons. The molecule has 31 heavy (non-hydrogen) atoms. The quantitative estimate of drug-likeness (QED) is 0.776. The number of amides is 1. The van der Waals surface area contributed by atoms with E-state index in [-0.39, 0.29) is 30.2 Å². The zero-order valence-corrected chi connectivity index (χ0v) is 17.3. The molecule has 2 aliphatic heterocycles. The first kappa shape index (κ1) is 21.5. The number of methoxy groups -OCH3 is 1. The molecule has 1 amide bonds. The highest BCUT2D eigenvalue weighted by molar-refractivity contribution is 5.76. The van der Waals surface area contributed by atoms with E-state index < -0.39 is 12.2 Å². The molecule has 2 aromatic rings. The van der Waals surface area contributed by atoms with Crippen molar-refractivity contribution >= 4 is 11.9 Å². The van der Waals surface area contributed by atoms with Crippen molar-refractivity contribution in [3.8, 4) is 5.75 Å². The molecule has 1 aromatic carbocycles. The summed E-state index contributed by atoms with van der Waals surface area (Å²) >= 11 is 0. The number of nitrogens with zero attached hydrogens (tertiary/aromatic N) is 4. The number of ether oxygens (including phenoxy) is 1. The molecule has 0 unspecified atom stereocenters. The molecule has 7 nitrogen and oxygen atoms in total. The van der Waals surface area contributed by atoms with Crippen LogP contribution in [0.3, 0.4) is 0 Å². The highest BCUT2D eigenvalue weighted by Crippen LogP contribution is 2.41. The van der Waals surface area contributed by atoms with Crippen LogP contribution in [0, 0.1) is 5.92 Å². The van der Waals surface area contributed by atoms with E-state index in [4.69, 9.17) is 4.74 Å². The highest BCUT2D eigenvalue weighted by Gasteiger charge is 2.48. The molecule has 10 heteroatoms. The second-order valence-electron chi connectivity index (χ2n) is 8.14. The average molecular weight is 437 g/mol. The first-order valence-electron chi connectivity index (χ1n) is 10.5. The van der Waals surface area contributed by atoms with Crippen LogP contribution in [0.2, 0.25) is 0 Å². The van der Waals surface area contributed by atoms with Crippen molar-refractivity contribution in [3.05, 3.63) is 36.2 Å². The van der Waals surface area contributed by atoms with Crippen LogP contribution in [0.1, 0.15) is 37.3 Å². The number of hydrogen-bond acceptors (Lipinski definition) is 5. The fourth-order valence-corrected chi connectivity index (χ4v) is 4.48. The van der Waals surface area contributed by atoms with Crippen molar-refractivity contribution < 1.29 is 22.7 Å². The number of carbonyl (C=O) groups is 1. The zero-order valence-electron chi connectivity index (χ0n) is 17.3. The number of piperidine rings is 1. The van der Waals surface area contributed by atoms with Gasteiger partial charge in [-0.05, 0) is 49.3 Å². The molecule has 3 heterocycles. The third kappa shape index (κ3) is 4.77. The van der Waals surface area contributed by atoms with Gasteiger partial charge in [0.05, 0.1) is 7.11 Å². The smallest absolute Gasteiger partial charge is 0.411 e. The second kappa shape index (κ2) is 8.76. The summed E-state index contributed by atoms with van der Waals surface area (Å²) in [5.74, 6) is 1.08. The second-order valence-corrected chi connectivity index (χ2v) is 8.14. The number of anilines is 1. The third-order valence-electron chi connectivity index (χ3n) is 6.29. The van der Waals surface area contributed by atoms with E-state index in [2.05, 4.69) is 15.4 Å². The zero-order chi connectivity index (χ0) is 22.0. The lowest BCUT2D eigenvalue weighted by Gasteiger charge is -2.40. The van der Waals surface area contributed by atoms with Crippen molar-refractivity contribution in [3.63, 3.8) is 0 Å². The molecule has 2 atom stereocenters. The summed E-state index contributed by atoms with van der Waals surface area (Å²) in [7, 11) is 1.61. The van der Waals surface area contributed by atoms with E-state index in [1.165, 1.54) is 0 Å². The Morgan fingerprint density at radius 2 is 1.94 bits per heavy atom. The van der Waals surface area contributed by atoms with Gasteiger partial charge in [0, 0.05) is 25.6 Å². The summed E-state index contributed by atoms with van der Waals surface area (Å²) < 4.78 is 46.6. The number of hydrogen-bond donors (Lipinski definition) is 1. The van der Waals surface area contributed by atoms with E-state index in [9.17, 15) is 18.0 Å². The van der Waals surface area contributed by atoms with Gasteiger partial charge in [-0.25, -0.2) is 4.68 Å². The summed E-state index contributed by atoms with van der Waals surface area (Å²) in [6.07, 6.45) is -0.895. The topological polar surface area (TPSA) is 72.3 Å². The van der Waals surface area contributed by atoms with E-state index in [1.807, 2.05) is 29.2 Å². The molecule has 0 aliphatic carbocycles. The normalized spacial score (nSPS) is 22.0.